The summed E-state index contributed by atoms with van der Waals surface area (Å²) in [6.45, 7) is 1.49. The zero-order valence-corrected chi connectivity index (χ0v) is 15.3. The maximum absolute atomic E-state index is 12.4. The van der Waals surface area contributed by atoms with Crippen molar-refractivity contribution in [2.75, 3.05) is 20.1 Å². The Morgan fingerprint density at radius 1 is 1.35 bits per heavy atom. The van der Waals surface area contributed by atoms with Crippen molar-refractivity contribution in [3.63, 3.8) is 0 Å². The molecule has 1 heterocycles. The largest absolute Gasteiger partial charge is 0.302 e. The zero-order valence-electron chi connectivity index (χ0n) is 11.3. The third-order valence-corrected chi connectivity index (χ3v) is 6.52. The number of likely N-dealkylation sites (N-methyl/N-ethyl adjacent to an activating group) is 1. The van der Waals surface area contributed by atoms with Crippen LogP contribution in [-0.4, -0.2) is 39.5 Å². The third-order valence-electron chi connectivity index (χ3n) is 3.61. The molecule has 20 heavy (non-hydrogen) atoms. The third kappa shape index (κ3) is 4.04. The summed E-state index contributed by atoms with van der Waals surface area (Å²) < 4.78 is 28.8. The molecule has 1 unspecified atom stereocenters. The lowest BCUT2D eigenvalue weighted by Gasteiger charge is -2.32. The molecule has 0 bridgehead atoms. The van der Waals surface area contributed by atoms with E-state index in [0.717, 1.165) is 23.9 Å². The Balaban J connectivity index is 2.09. The predicted octanol–water partition coefficient (Wildman–Crippen LogP) is 2.97. The molecule has 7 heteroatoms. The van der Waals surface area contributed by atoms with Gasteiger partial charge < -0.3 is 4.90 Å². The second-order valence-electron chi connectivity index (χ2n) is 5.06. The molecule has 2 rings (SSSR count). The molecule has 112 valence electrons. The van der Waals surface area contributed by atoms with Crippen LogP contribution in [0, 0.1) is 0 Å². The van der Waals surface area contributed by atoms with Crippen LogP contribution in [0.4, 0.5) is 0 Å². The van der Waals surface area contributed by atoms with Gasteiger partial charge in [0.15, 0.2) is 0 Å². The van der Waals surface area contributed by atoms with Gasteiger partial charge in [-0.3, -0.25) is 0 Å². The molecule has 0 aliphatic carbocycles. The van der Waals surface area contributed by atoms with Crippen molar-refractivity contribution in [1.29, 1.82) is 0 Å². The summed E-state index contributed by atoms with van der Waals surface area (Å²) in [6, 6.07) is 5.42. The molecule has 1 aliphatic rings. The van der Waals surface area contributed by atoms with E-state index in [1.165, 1.54) is 6.42 Å². The molecule has 1 aliphatic heterocycles. The van der Waals surface area contributed by atoms with Gasteiger partial charge in [-0.1, -0.05) is 22.4 Å². The number of rotatable bonds is 4. The van der Waals surface area contributed by atoms with E-state index in [4.69, 9.17) is 0 Å². The molecular formula is C13H18Br2N2O2S. The Kier molecular flexibility index (Phi) is 5.64. The number of hydrogen-bond acceptors (Lipinski definition) is 3. The van der Waals surface area contributed by atoms with Crippen LogP contribution in [0.25, 0.3) is 0 Å². The van der Waals surface area contributed by atoms with Crippen LogP contribution in [-0.2, 0) is 10.0 Å². The number of halogens is 2. The number of nitrogens with one attached hydrogen (secondary N) is 1. The average Bonchev–Trinajstić information content (AvgIpc) is 2.40. The van der Waals surface area contributed by atoms with E-state index in [0.29, 0.717) is 11.0 Å². The molecule has 1 atom stereocenters. The van der Waals surface area contributed by atoms with Crippen LogP contribution in [0.2, 0.25) is 0 Å². The normalized spacial score (nSPS) is 21.1. The first kappa shape index (κ1) is 16.4. The van der Waals surface area contributed by atoms with E-state index in [-0.39, 0.29) is 10.9 Å². The molecule has 1 saturated heterocycles. The number of hydrogen-bond donors (Lipinski definition) is 1. The number of benzene rings is 1. The summed E-state index contributed by atoms with van der Waals surface area (Å²) >= 11 is 6.60. The topological polar surface area (TPSA) is 49.4 Å². The Morgan fingerprint density at radius 3 is 2.80 bits per heavy atom. The first-order valence-corrected chi connectivity index (χ1v) is 9.62. The zero-order chi connectivity index (χ0) is 14.8. The van der Waals surface area contributed by atoms with Gasteiger partial charge in [0.1, 0.15) is 0 Å². The van der Waals surface area contributed by atoms with Crippen LogP contribution in [0.1, 0.15) is 19.3 Å². The number of likely N-dealkylation sites (tertiary alicyclic amines) is 1. The molecule has 0 amide bonds. The van der Waals surface area contributed by atoms with E-state index in [2.05, 4.69) is 41.5 Å². The van der Waals surface area contributed by atoms with Gasteiger partial charge >= 0.3 is 0 Å². The maximum atomic E-state index is 12.4. The fourth-order valence-corrected chi connectivity index (χ4v) is 4.94. The lowest BCUT2D eigenvalue weighted by molar-refractivity contribution is 0.187. The summed E-state index contributed by atoms with van der Waals surface area (Å²) in [7, 11) is -1.44. The van der Waals surface area contributed by atoms with Crippen molar-refractivity contribution in [2.24, 2.45) is 0 Å². The van der Waals surface area contributed by atoms with E-state index in [1.807, 2.05) is 7.05 Å². The van der Waals surface area contributed by atoms with E-state index in [9.17, 15) is 8.42 Å². The first-order chi connectivity index (χ1) is 9.40. The Labute approximate surface area is 137 Å². The van der Waals surface area contributed by atoms with Gasteiger partial charge in [-0.05, 0) is 60.6 Å². The standard InChI is InChI=1S/C13H18Br2N2O2S/c1-17-7-3-2-4-11(17)9-16-20(18,19)13-8-10(14)5-6-12(13)15/h5-6,8,11,16H,2-4,7,9H2,1H3. The van der Waals surface area contributed by atoms with Gasteiger partial charge in [-0.25, -0.2) is 13.1 Å². The predicted molar refractivity (Wildman–Crippen MR) is 87.3 cm³/mol. The molecule has 0 aromatic heterocycles. The SMILES string of the molecule is CN1CCCCC1CNS(=O)(=O)c1cc(Br)ccc1Br. The minimum absolute atomic E-state index is 0.269. The molecule has 1 fully saturated rings. The molecule has 0 spiro atoms. The lowest BCUT2D eigenvalue weighted by atomic mass is 10.0. The fraction of sp³-hybridized carbons (Fsp3) is 0.538. The minimum Gasteiger partial charge on any atom is -0.302 e. The number of piperidine rings is 1. The quantitative estimate of drug-likeness (QED) is 0.806. The molecule has 1 aromatic rings. The highest BCUT2D eigenvalue weighted by atomic mass is 79.9. The van der Waals surface area contributed by atoms with Crippen molar-refractivity contribution in [3.8, 4) is 0 Å². The van der Waals surface area contributed by atoms with Crippen molar-refractivity contribution in [3.05, 3.63) is 27.1 Å². The van der Waals surface area contributed by atoms with Gasteiger partial charge in [0.25, 0.3) is 0 Å². The second kappa shape index (κ2) is 6.87. The lowest BCUT2D eigenvalue weighted by Crippen LogP contribution is -2.44. The number of nitrogens with zero attached hydrogens (tertiary/aromatic N) is 1. The Bertz CT molecular complexity index is 578. The van der Waals surface area contributed by atoms with E-state index in [1.54, 1.807) is 18.2 Å². The summed E-state index contributed by atoms with van der Waals surface area (Å²) in [4.78, 5) is 2.49. The van der Waals surface area contributed by atoms with Crippen LogP contribution in [0.5, 0.6) is 0 Å². The molecule has 1 aromatic carbocycles. The van der Waals surface area contributed by atoms with Crippen molar-refractivity contribution >= 4 is 41.9 Å². The van der Waals surface area contributed by atoms with Gasteiger partial charge in [-0.15, -0.1) is 0 Å². The van der Waals surface area contributed by atoms with Gasteiger partial charge in [-0.2, -0.15) is 0 Å². The van der Waals surface area contributed by atoms with Crippen molar-refractivity contribution in [2.45, 2.75) is 30.2 Å². The van der Waals surface area contributed by atoms with Crippen LogP contribution in [0.3, 0.4) is 0 Å². The first-order valence-electron chi connectivity index (χ1n) is 6.55. The highest BCUT2D eigenvalue weighted by molar-refractivity contribution is 9.11. The van der Waals surface area contributed by atoms with Crippen LogP contribution >= 0.6 is 31.9 Å². The van der Waals surface area contributed by atoms with E-state index >= 15 is 0 Å². The molecule has 0 saturated carbocycles. The fourth-order valence-electron chi connectivity index (χ4n) is 2.37. The maximum Gasteiger partial charge on any atom is 0.241 e. The van der Waals surface area contributed by atoms with Gasteiger partial charge in [0.05, 0.1) is 4.90 Å². The average molecular weight is 426 g/mol. The van der Waals surface area contributed by atoms with E-state index < -0.39 is 10.0 Å². The minimum atomic E-state index is -3.49. The highest BCUT2D eigenvalue weighted by Crippen LogP contribution is 2.25. The molecule has 1 N–H and O–H groups in total. The van der Waals surface area contributed by atoms with Gasteiger partial charge in [0, 0.05) is 21.5 Å². The summed E-state index contributed by atoms with van der Waals surface area (Å²) in [6.07, 6.45) is 3.40. The summed E-state index contributed by atoms with van der Waals surface area (Å²) in [5, 5.41) is 0. The van der Waals surface area contributed by atoms with Crippen molar-refractivity contribution in [1.82, 2.24) is 9.62 Å². The van der Waals surface area contributed by atoms with Crippen molar-refractivity contribution < 1.29 is 8.42 Å². The summed E-state index contributed by atoms with van der Waals surface area (Å²) in [5.74, 6) is 0. The summed E-state index contributed by atoms with van der Waals surface area (Å²) in [5.41, 5.74) is 0. The molecule has 0 radical (unpaired) electrons. The number of sulfonamides is 1. The van der Waals surface area contributed by atoms with Crippen LogP contribution < -0.4 is 4.72 Å². The Morgan fingerprint density at radius 2 is 2.10 bits per heavy atom. The van der Waals surface area contributed by atoms with Gasteiger partial charge in [0.2, 0.25) is 10.0 Å². The smallest absolute Gasteiger partial charge is 0.241 e. The molecular weight excluding hydrogens is 408 g/mol. The monoisotopic (exact) mass is 424 g/mol. The van der Waals surface area contributed by atoms with Crippen LogP contribution in [0.15, 0.2) is 32.0 Å². The Hall–Kier alpha value is 0.0500. The highest BCUT2D eigenvalue weighted by Gasteiger charge is 2.23. The second-order valence-corrected chi connectivity index (χ2v) is 8.56. The molecule has 4 nitrogen and oxygen atoms in total.